The number of nitrogens with one attached hydrogen (secondary N) is 1. The van der Waals surface area contributed by atoms with E-state index in [-0.39, 0.29) is 5.91 Å². The minimum Gasteiger partial charge on any atom is -0.496 e. The van der Waals surface area contributed by atoms with Crippen LogP contribution in [0.1, 0.15) is 10.4 Å². The quantitative estimate of drug-likeness (QED) is 0.881. The van der Waals surface area contributed by atoms with Crippen molar-refractivity contribution in [1.29, 1.82) is 0 Å². The topological polar surface area (TPSA) is 50.7 Å². The predicted molar refractivity (Wildman–Crippen MR) is 80.0 cm³/mol. The number of benzene rings is 1. The number of methoxy groups -OCH3 is 1. The Morgan fingerprint density at radius 3 is 2.85 bits per heavy atom. The van der Waals surface area contributed by atoms with Crippen molar-refractivity contribution in [2.75, 3.05) is 7.11 Å². The number of rotatable bonds is 3. The number of carbonyl (C=O) groups excluding carboxylic acids is 1. The van der Waals surface area contributed by atoms with E-state index in [1.54, 1.807) is 24.5 Å². The van der Waals surface area contributed by atoms with Crippen molar-refractivity contribution in [2.45, 2.75) is 0 Å². The lowest BCUT2D eigenvalue weighted by Crippen LogP contribution is -2.23. The van der Waals surface area contributed by atoms with Gasteiger partial charge in [0.15, 0.2) is 5.84 Å². The van der Waals surface area contributed by atoms with Crippen LogP contribution >= 0.6 is 11.3 Å². The van der Waals surface area contributed by atoms with Gasteiger partial charge in [-0.2, -0.15) is 0 Å². The molecule has 5 heteroatoms. The number of amidine groups is 1. The Morgan fingerprint density at radius 1 is 1.25 bits per heavy atom. The lowest BCUT2D eigenvalue weighted by molar-refractivity contribution is -0.115. The van der Waals surface area contributed by atoms with Gasteiger partial charge in [-0.1, -0.05) is 24.3 Å². The average Bonchev–Trinajstić information content (AvgIpc) is 3.10. The summed E-state index contributed by atoms with van der Waals surface area (Å²) in [6, 6.07) is 11.4. The van der Waals surface area contributed by atoms with Crippen LogP contribution < -0.4 is 10.1 Å². The van der Waals surface area contributed by atoms with Gasteiger partial charge in [0.05, 0.1) is 12.0 Å². The number of thiophene rings is 1. The molecule has 1 aliphatic rings. The van der Waals surface area contributed by atoms with Gasteiger partial charge in [-0.3, -0.25) is 4.79 Å². The molecular formula is C15H12N2O2S. The molecule has 1 N–H and O–H groups in total. The van der Waals surface area contributed by atoms with Crippen molar-refractivity contribution in [1.82, 2.24) is 5.32 Å². The standard InChI is InChI=1S/C15H12N2O2S/c1-19-12-6-3-2-5-10(12)9-11-15(18)17-14(16-11)13-7-4-8-20-13/h2-9H,1H3,(H,16,17,18)/b11-9+. The molecule has 0 radical (unpaired) electrons. The van der Waals surface area contributed by atoms with Crippen LogP contribution in [0.3, 0.4) is 0 Å². The Kier molecular flexibility index (Phi) is 3.35. The molecular weight excluding hydrogens is 272 g/mol. The SMILES string of the molecule is COc1ccccc1/C=C1/N=C(c2cccs2)NC1=O. The molecule has 4 nitrogen and oxygen atoms in total. The Labute approximate surface area is 120 Å². The summed E-state index contributed by atoms with van der Waals surface area (Å²) >= 11 is 1.54. The minimum absolute atomic E-state index is 0.195. The second-order valence-electron chi connectivity index (χ2n) is 4.16. The number of amides is 1. The Balaban J connectivity index is 1.97. The molecule has 0 saturated carbocycles. The molecule has 2 heterocycles. The molecule has 1 aromatic heterocycles. The predicted octanol–water partition coefficient (Wildman–Crippen LogP) is 2.67. The number of hydrogen-bond donors (Lipinski definition) is 1. The van der Waals surface area contributed by atoms with E-state index in [9.17, 15) is 4.79 Å². The lowest BCUT2D eigenvalue weighted by Gasteiger charge is -2.03. The number of ether oxygens (including phenoxy) is 1. The van der Waals surface area contributed by atoms with Crippen LogP contribution in [0.5, 0.6) is 5.75 Å². The van der Waals surface area contributed by atoms with E-state index in [1.807, 2.05) is 41.8 Å². The van der Waals surface area contributed by atoms with Gasteiger partial charge in [0.1, 0.15) is 11.4 Å². The Hall–Kier alpha value is -2.40. The third kappa shape index (κ3) is 2.35. The maximum atomic E-state index is 12.0. The van der Waals surface area contributed by atoms with Crippen molar-refractivity contribution in [3.8, 4) is 5.75 Å². The summed E-state index contributed by atoms with van der Waals surface area (Å²) in [6.07, 6.45) is 1.73. The molecule has 0 aliphatic carbocycles. The molecule has 0 unspecified atom stereocenters. The zero-order valence-electron chi connectivity index (χ0n) is 10.8. The molecule has 1 amide bonds. The van der Waals surface area contributed by atoms with E-state index in [1.165, 1.54) is 0 Å². The zero-order chi connectivity index (χ0) is 13.9. The van der Waals surface area contributed by atoms with E-state index in [0.717, 1.165) is 10.4 Å². The minimum atomic E-state index is -0.195. The first-order chi connectivity index (χ1) is 9.78. The number of nitrogens with zero attached hydrogens (tertiary/aromatic N) is 1. The maximum absolute atomic E-state index is 12.0. The molecule has 0 spiro atoms. The fraction of sp³-hybridized carbons (Fsp3) is 0.0667. The van der Waals surface area contributed by atoms with E-state index >= 15 is 0 Å². The van der Waals surface area contributed by atoms with Gasteiger partial charge in [0, 0.05) is 5.56 Å². The highest BCUT2D eigenvalue weighted by molar-refractivity contribution is 7.12. The summed E-state index contributed by atoms with van der Waals surface area (Å²) in [4.78, 5) is 17.3. The number of carbonyl (C=O) groups is 1. The fourth-order valence-corrected chi connectivity index (χ4v) is 2.60. The molecule has 1 aromatic carbocycles. The Morgan fingerprint density at radius 2 is 2.10 bits per heavy atom. The van der Waals surface area contributed by atoms with Gasteiger partial charge in [0.25, 0.3) is 5.91 Å². The monoisotopic (exact) mass is 284 g/mol. The number of hydrogen-bond acceptors (Lipinski definition) is 4. The highest BCUT2D eigenvalue weighted by Gasteiger charge is 2.21. The molecule has 0 atom stereocenters. The van der Waals surface area contributed by atoms with Crippen molar-refractivity contribution in [3.05, 3.63) is 57.9 Å². The molecule has 20 heavy (non-hydrogen) atoms. The first-order valence-electron chi connectivity index (χ1n) is 6.06. The molecule has 0 bridgehead atoms. The van der Waals surface area contributed by atoms with E-state index in [2.05, 4.69) is 10.3 Å². The van der Waals surface area contributed by atoms with Gasteiger partial charge >= 0.3 is 0 Å². The van der Waals surface area contributed by atoms with Crippen LogP contribution in [0.2, 0.25) is 0 Å². The molecule has 3 rings (SSSR count). The van der Waals surface area contributed by atoms with Gasteiger partial charge in [-0.05, 0) is 23.6 Å². The third-order valence-electron chi connectivity index (χ3n) is 2.88. The van der Waals surface area contributed by atoms with E-state index in [4.69, 9.17) is 4.74 Å². The summed E-state index contributed by atoms with van der Waals surface area (Å²) in [5.41, 5.74) is 1.22. The van der Waals surface area contributed by atoms with Crippen molar-refractivity contribution in [2.24, 2.45) is 4.99 Å². The summed E-state index contributed by atoms with van der Waals surface area (Å²) in [5, 5.41) is 4.73. The molecule has 0 saturated heterocycles. The first kappa shape index (κ1) is 12.6. The number of para-hydroxylation sites is 1. The van der Waals surface area contributed by atoms with Crippen molar-refractivity contribution < 1.29 is 9.53 Å². The van der Waals surface area contributed by atoms with Gasteiger partial charge in [-0.15, -0.1) is 11.3 Å². The normalized spacial score (nSPS) is 16.1. The molecule has 1 aliphatic heterocycles. The van der Waals surface area contributed by atoms with Gasteiger partial charge in [0.2, 0.25) is 0 Å². The van der Waals surface area contributed by atoms with Gasteiger partial charge in [-0.25, -0.2) is 4.99 Å². The maximum Gasteiger partial charge on any atom is 0.275 e. The van der Waals surface area contributed by atoms with Crippen LogP contribution in [-0.4, -0.2) is 18.9 Å². The summed E-state index contributed by atoms with van der Waals surface area (Å²) in [6.45, 7) is 0. The second kappa shape index (κ2) is 5.30. The average molecular weight is 284 g/mol. The van der Waals surface area contributed by atoms with Crippen LogP contribution in [0, 0.1) is 0 Å². The molecule has 100 valence electrons. The summed E-state index contributed by atoms with van der Waals surface area (Å²) in [7, 11) is 1.60. The fourth-order valence-electron chi connectivity index (χ4n) is 1.93. The Bertz CT molecular complexity index is 702. The summed E-state index contributed by atoms with van der Waals surface area (Å²) < 4.78 is 5.27. The van der Waals surface area contributed by atoms with Crippen molar-refractivity contribution >= 4 is 29.2 Å². The highest BCUT2D eigenvalue weighted by Crippen LogP contribution is 2.23. The smallest absolute Gasteiger partial charge is 0.275 e. The van der Waals surface area contributed by atoms with E-state index in [0.29, 0.717) is 17.3 Å². The molecule has 2 aromatic rings. The zero-order valence-corrected chi connectivity index (χ0v) is 11.6. The molecule has 0 fully saturated rings. The largest absolute Gasteiger partial charge is 0.496 e. The van der Waals surface area contributed by atoms with Crippen LogP contribution in [-0.2, 0) is 4.79 Å². The second-order valence-corrected chi connectivity index (χ2v) is 5.11. The van der Waals surface area contributed by atoms with Crippen LogP contribution in [0.4, 0.5) is 0 Å². The highest BCUT2D eigenvalue weighted by atomic mass is 32.1. The van der Waals surface area contributed by atoms with Crippen LogP contribution in [0.25, 0.3) is 6.08 Å². The summed E-state index contributed by atoms with van der Waals surface area (Å²) in [5.74, 6) is 1.12. The van der Waals surface area contributed by atoms with E-state index < -0.39 is 0 Å². The third-order valence-corrected chi connectivity index (χ3v) is 3.76. The first-order valence-corrected chi connectivity index (χ1v) is 6.94. The van der Waals surface area contributed by atoms with Crippen molar-refractivity contribution in [3.63, 3.8) is 0 Å². The van der Waals surface area contributed by atoms with Gasteiger partial charge < -0.3 is 10.1 Å². The lowest BCUT2D eigenvalue weighted by atomic mass is 10.1. The number of aliphatic imine (C=N–C) groups is 1. The van der Waals surface area contributed by atoms with Crippen LogP contribution in [0.15, 0.2) is 52.5 Å².